The van der Waals surface area contributed by atoms with Crippen molar-refractivity contribution in [3.63, 3.8) is 0 Å². The molecule has 1 saturated heterocycles. The molecule has 1 aliphatic rings. The summed E-state index contributed by atoms with van der Waals surface area (Å²) in [5, 5.41) is 0. The molecule has 0 aromatic heterocycles. The first kappa shape index (κ1) is 21.6. The van der Waals surface area contributed by atoms with Gasteiger partial charge in [-0.2, -0.15) is 4.31 Å². The lowest BCUT2D eigenvalue weighted by Gasteiger charge is -2.30. The molecule has 1 heterocycles. The second-order valence-corrected chi connectivity index (χ2v) is 9.52. The number of halogens is 2. The van der Waals surface area contributed by atoms with Crippen LogP contribution in [0.1, 0.15) is 23.2 Å². The molecule has 9 heteroatoms. The van der Waals surface area contributed by atoms with E-state index in [0.717, 1.165) is 16.6 Å². The number of carbonyl (C=O) groups is 2. The van der Waals surface area contributed by atoms with Crippen molar-refractivity contribution >= 4 is 37.7 Å². The number of esters is 1. The van der Waals surface area contributed by atoms with Gasteiger partial charge >= 0.3 is 5.97 Å². The Labute approximate surface area is 176 Å². The third-order valence-electron chi connectivity index (χ3n) is 4.75. The number of Topliss-reactive ketones (excluding diaryl/α,β-unsaturated/α-hetero) is 1. The summed E-state index contributed by atoms with van der Waals surface area (Å²) >= 11 is 3.29. The van der Waals surface area contributed by atoms with Crippen LogP contribution in [-0.4, -0.2) is 44.2 Å². The van der Waals surface area contributed by atoms with Gasteiger partial charge < -0.3 is 4.74 Å². The quantitative estimate of drug-likeness (QED) is 0.464. The minimum absolute atomic E-state index is 0.0139. The highest BCUT2D eigenvalue weighted by Gasteiger charge is 2.33. The SMILES string of the molecule is O=C(COC(=O)C1CCN(S(=O)(=O)c2ccc(F)cc2)CC1)c1ccc(Br)cc1. The van der Waals surface area contributed by atoms with Crippen molar-refractivity contribution in [1.29, 1.82) is 0 Å². The van der Waals surface area contributed by atoms with E-state index in [2.05, 4.69) is 15.9 Å². The zero-order valence-corrected chi connectivity index (χ0v) is 17.8. The number of carbonyl (C=O) groups excluding carboxylic acids is 2. The van der Waals surface area contributed by atoms with E-state index in [1.54, 1.807) is 24.3 Å². The topological polar surface area (TPSA) is 80.8 Å². The fourth-order valence-electron chi connectivity index (χ4n) is 3.06. The molecule has 0 unspecified atom stereocenters. The molecule has 2 aromatic rings. The summed E-state index contributed by atoms with van der Waals surface area (Å²) in [4.78, 5) is 24.4. The Morgan fingerprint density at radius 2 is 1.62 bits per heavy atom. The molecule has 0 amide bonds. The zero-order chi connectivity index (χ0) is 21.0. The van der Waals surface area contributed by atoms with Gasteiger partial charge in [0.2, 0.25) is 10.0 Å². The van der Waals surface area contributed by atoms with E-state index in [9.17, 15) is 22.4 Å². The van der Waals surface area contributed by atoms with Gasteiger partial charge in [0.15, 0.2) is 12.4 Å². The smallest absolute Gasteiger partial charge is 0.309 e. The van der Waals surface area contributed by atoms with Gasteiger partial charge in [-0.1, -0.05) is 28.1 Å². The van der Waals surface area contributed by atoms with Crippen molar-refractivity contribution < 1.29 is 27.1 Å². The number of rotatable bonds is 6. The lowest BCUT2D eigenvalue weighted by atomic mass is 9.98. The lowest BCUT2D eigenvalue weighted by Crippen LogP contribution is -2.40. The minimum Gasteiger partial charge on any atom is -0.457 e. The Hall–Kier alpha value is -2.10. The fraction of sp³-hybridized carbons (Fsp3) is 0.300. The van der Waals surface area contributed by atoms with E-state index in [1.165, 1.54) is 16.4 Å². The molecule has 154 valence electrons. The molecule has 0 atom stereocenters. The molecule has 0 N–H and O–H groups in total. The van der Waals surface area contributed by atoms with Crippen molar-refractivity contribution in [2.45, 2.75) is 17.7 Å². The normalized spacial score (nSPS) is 15.8. The second kappa shape index (κ2) is 9.15. The van der Waals surface area contributed by atoms with Gasteiger partial charge in [0, 0.05) is 23.1 Å². The van der Waals surface area contributed by atoms with Crippen LogP contribution < -0.4 is 0 Å². The molecular formula is C20H19BrFNO5S. The molecule has 2 aromatic carbocycles. The predicted octanol–water partition coefficient (Wildman–Crippen LogP) is 3.42. The highest BCUT2D eigenvalue weighted by molar-refractivity contribution is 9.10. The molecule has 1 aliphatic heterocycles. The summed E-state index contributed by atoms with van der Waals surface area (Å²) in [6, 6.07) is 11.4. The predicted molar refractivity (Wildman–Crippen MR) is 107 cm³/mol. The summed E-state index contributed by atoms with van der Waals surface area (Å²) < 4.78 is 45.5. The largest absolute Gasteiger partial charge is 0.457 e. The number of piperidine rings is 1. The van der Waals surface area contributed by atoms with Crippen molar-refractivity contribution in [2.75, 3.05) is 19.7 Å². The van der Waals surface area contributed by atoms with Gasteiger partial charge in [0.1, 0.15) is 5.82 Å². The summed E-state index contributed by atoms with van der Waals surface area (Å²) in [6.45, 7) is -0.0468. The molecule has 0 bridgehead atoms. The molecule has 0 saturated carbocycles. The van der Waals surface area contributed by atoms with Gasteiger partial charge in [-0.05, 0) is 49.2 Å². The summed E-state index contributed by atoms with van der Waals surface area (Å²) in [6.07, 6.45) is 0.595. The third kappa shape index (κ3) is 5.29. The van der Waals surface area contributed by atoms with Crippen molar-refractivity contribution in [3.8, 4) is 0 Å². The molecule has 3 rings (SSSR count). The average molecular weight is 484 g/mol. The number of ketones is 1. The van der Waals surface area contributed by atoms with Crippen LogP contribution in [-0.2, 0) is 19.6 Å². The van der Waals surface area contributed by atoms with Crippen LogP contribution in [0.15, 0.2) is 57.9 Å². The molecule has 0 radical (unpaired) electrons. The summed E-state index contributed by atoms with van der Waals surface area (Å²) in [5.74, 6) is -1.79. The van der Waals surface area contributed by atoms with E-state index in [4.69, 9.17) is 4.74 Å². The number of benzene rings is 2. The average Bonchev–Trinajstić information content (AvgIpc) is 2.72. The van der Waals surface area contributed by atoms with Crippen LogP contribution in [0.2, 0.25) is 0 Å². The molecule has 0 aliphatic carbocycles. The van der Waals surface area contributed by atoms with E-state index in [0.29, 0.717) is 18.4 Å². The minimum atomic E-state index is -3.74. The lowest BCUT2D eigenvalue weighted by molar-refractivity contribution is -0.148. The molecular weight excluding hydrogens is 465 g/mol. The van der Waals surface area contributed by atoms with E-state index >= 15 is 0 Å². The van der Waals surface area contributed by atoms with Crippen molar-refractivity contribution in [2.24, 2.45) is 5.92 Å². The monoisotopic (exact) mass is 483 g/mol. The molecule has 29 heavy (non-hydrogen) atoms. The number of nitrogens with zero attached hydrogens (tertiary/aromatic N) is 1. The van der Waals surface area contributed by atoms with E-state index in [-0.39, 0.29) is 30.4 Å². The Morgan fingerprint density at radius 1 is 1.03 bits per heavy atom. The molecule has 0 spiro atoms. The van der Waals surface area contributed by atoms with Gasteiger partial charge in [-0.3, -0.25) is 9.59 Å². The highest BCUT2D eigenvalue weighted by Crippen LogP contribution is 2.25. The number of ether oxygens (including phenoxy) is 1. The van der Waals surface area contributed by atoms with Crippen molar-refractivity contribution in [3.05, 3.63) is 64.4 Å². The van der Waals surface area contributed by atoms with Gasteiger partial charge in [0.25, 0.3) is 0 Å². The first-order valence-electron chi connectivity index (χ1n) is 8.98. The summed E-state index contributed by atoms with van der Waals surface area (Å²) in [7, 11) is -3.74. The Morgan fingerprint density at radius 3 is 2.21 bits per heavy atom. The van der Waals surface area contributed by atoms with Crippen LogP contribution in [0.5, 0.6) is 0 Å². The van der Waals surface area contributed by atoms with E-state index in [1.807, 2.05) is 0 Å². The van der Waals surface area contributed by atoms with Crippen LogP contribution >= 0.6 is 15.9 Å². The van der Waals surface area contributed by atoms with Gasteiger partial charge in [0.05, 0.1) is 10.8 Å². The van der Waals surface area contributed by atoms with Crippen LogP contribution in [0.3, 0.4) is 0 Å². The fourth-order valence-corrected chi connectivity index (χ4v) is 4.80. The van der Waals surface area contributed by atoms with Crippen LogP contribution in [0.25, 0.3) is 0 Å². The third-order valence-corrected chi connectivity index (χ3v) is 7.19. The van der Waals surface area contributed by atoms with E-state index < -0.39 is 27.7 Å². The van der Waals surface area contributed by atoms with Crippen LogP contribution in [0.4, 0.5) is 4.39 Å². The second-order valence-electron chi connectivity index (χ2n) is 6.67. The Bertz CT molecular complexity index is 985. The highest BCUT2D eigenvalue weighted by atomic mass is 79.9. The maximum absolute atomic E-state index is 13.0. The maximum atomic E-state index is 13.0. The van der Waals surface area contributed by atoms with Crippen molar-refractivity contribution in [1.82, 2.24) is 4.31 Å². The van der Waals surface area contributed by atoms with Crippen LogP contribution in [0, 0.1) is 11.7 Å². The number of hydrogen-bond acceptors (Lipinski definition) is 5. The first-order chi connectivity index (χ1) is 13.8. The number of hydrogen-bond donors (Lipinski definition) is 0. The zero-order valence-electron chi connectivity index (χ0n) is 15.4. The molecule has 1 fully saturated rings. The Kier molecular flexibility index (Phi) is 6.81. The Balaban J connectivity index is 1.52. The maximum Gasteiger partial charge on any atom is 0.309 e. The first-order valence-corrected chi connectivity index (χ1v) is 11.2. The number of sulfonamides is 1. The molecule has 6 nitrogen and oxygen atoms in total. The summed E-state index contributed by atoms with van der Waals surface area (Å²) in [5.41, 5.74) is 0.446. The standard InChI is InChI=1S/C20H19BrFNO5S/c21-16-3-1-14(2-4-16)19(24)13-28-20(25)15-9-11-23(12-10-15)29(26,27)18-7-5-17(22)6-8-18/h1-8,15H,9-13H2. The van der Waals surface area contributed by atoms with Gasteiger partial charge in [-0.25, -0.2) is 12.8 Å². The van der Waals surface area contributed by atoms with Gasteiger partial charge in [-0.15, -0.1) is 0 Å².